The molecule has 0 radical (unpaired) electrons. The summed E-state index contributed by atoms with van der Waals surface area (Å²) in [5.74, 6) is -1.06. The van der Waals surface area contributed by atoms with Gasteiger partial charge in [-0.05, 0) is 25.2 Å². The molecule has 4 nitrogen and oxygen atoms in total. The maximum absolute atomic E-state index is 11.6. The molecule has 1 unspecified atom stereocenters. The number of aliphatic carboxylic acids is 1. The van der Waals surface area contributed by atoms with E-state index < -0.39 is 12.0 Å². The van der Waals surface area contributed by atoms with Crippen LogP contribution in [0.2, 0.25) is 0 Å². The highest BCUT2D eigenvalue weighted by molar-refractivity contribution is 5.83. The van der Waals surface area contributed by atoms with E-state index >= 15 is 0 Å². The van der Waals surface area contributed by atoms with Crippen LogP contribution in [-0.4, -0.2) is 35.0 Å². The summed E-state index contributed by atoms with van der Waals surface area (Å²) in [6.45, 7) is 7.90. The molecule has 0 fully saturated rings. The second-order valence-electron chi connectivity index (χ2n) is 5.43. The maximum Gasteiger partial charge on any atom is 0.326 e. The summed E-state index contributed by atoms with van der Waals surface area (Å²) in [6, 6.07) is -0.748. The smallest absolute Gasteiger partial charge is 0.326 e. The number of rotatable bonds is 5. The van der Waals surface area contributed by atoms with Gasteiger partial charge < -0.3 is 10.0 Å². The standard InChI is InChI=1S/C12H23NO3/c1-9(11(15)16)13(5)10(14)7-6-8-12(2,3)4/h9H,6-8H2,1-5H3,(H,15,16). The van der Waals surface area contributed by atoms with E-state index in [0.717, 1.165) is 12.8 Å². The fraction of sp³-hybridized carbons (Fsp3) is 0.833. The Morgan fingerprint density at radius 3 is 2.19 bits per heavy atom. The zero-order valence-electron chi connectivity index (χ0n) is 10.9. The van der Waals surface area contributed by atoms with Crippen LogP contribution < -0.4 is 0 Å². The molecule has 0 aliphatic rings. The van der Waals surface area contributed by atoms with Gasteiger partial charge in [0, 0.05) is 13.5 Å². The van der Waals surface area contributed by atoms with Crippen LogP contribution in [0.4, 0.5) is 0 Å². The molecule has 0 aliphatic carbocycles. The first-order valence-electron chi connectivity index (χ1n) is 5.63. The summed E-state index contributed by atoms with van der Waals surface area (Å²) in [4.78, 5) is 23.6. The first kappa shape index (κ1) is 14.9. The molecule has 0 bridgehead atoms. The third-order valence-electron chi connectivity index (χ3n) is 2.65. The fourth-order valence-corrected chi connectivity index (χ4v) is 1.33. The lowest BCUT2D eigenvalue weighted by Crippen LogP contribution is -2.40. The van der Waals surface area contributed by atoms with E-state index in [4.69, 9.17) is 5.11 Å². The van der Waals surface area contributed by atoms with Gasteiger partial charge in [-0.1, -0.05) is 20.8 Å². The second kappa shape index (κ2) is 5.87. The molecule has 0 saturated carbocycles. The minimum atomic E-state index is -0.966. The van der Waals surface area contributed by atoms with E-state index in [1.807, 2.05) is 0 Å². The summed E-state index contributed by atoms with van der Waals surface area (Å²) >= 11 is 0. The van der Waals surface area contributed by atoms with E-state index in [1.54, 1.807) is 0 Å². The predicted octanol–water partition coefficient (Wildman–Crippen LogP) is 2.13. The number of carbonyl (C=O) groups is 2. The Labute approximate surface area is 97.6 Å². The average molecular weight is 229 g/mol. The number of amides is 1. The van der Waals surface area contributed by atoms with Crippen molar-refractivity contribution in [2.45, 2.75) is 53.0 Å². The van der Waals surface area contributed by atoms with Crippen molar-refractivity contribution in [3.8, 4) is 0 Å². The van der Waals surface area contributed by atoms with Gasteiger partial charge in [0.25, 0.3) is 0 Å². The van der Waals surface area contributed by atoms with E-state index in [1.165, 1.54) is 18.9 Å². The minimum absolute atomic E-state index is 0.0980. The van der Waals surface area contributed by atoms with Crippen molar-refractivity contribution in [1.29, 1.82) is 0 Å². The molecule has 0 spiro atoms. The topological polar surface area (TPSA) is 57.6 Å². The van der Waals surface area contributed by atoms with E-state index in [-0.39, 0.29) is 11.3 Å². The summed E-state index contributed by atoms with van der Waals surface area (Å²) in [7, 11) is 1.54. The lowest BCUT2D eigenvalue weighted by Gasteiger charge is -2.23. The van der Waals surface area contributed by atoms with Crippen molar-refractivity contribution in [1.82, 2.24) is 4.90 Å². The molecule has 0 aromatic carbocycles. The van der Waals surface area contributed by atoms with Crippen molar-refractivity contribution in [2.75, 3.05) is 7.05 Å². The highest BCUT2D eigenvalue weighted by Gasteiger charge is 2.21. The van der Waals surface area contributed by atoms with E-state index in [9.17, 15) is 9.59 Å². The molecule has 0 aliphatic heterocycles. The number of hydrogen-bond acceptors (Lipinski definition) is 2. The van der Waals surface area contributed by atoms with Crippen LogP contribution in [0, 0.1) is 5.41 Å². The molecule has 0 saturated heterocycles. The fourth-order valence-electron chi connectivity index (χ4n) is 1.33. The predicted molar refractivity (Wildman–Crippen MR) is 63.2 cm³/mol. The van der Waals surface area contributed by atoms with Crippen molar-refractivity contribution in [3.05, 3.63) is 0 Å². The van der Waals surface area contributed by atoms with Crippen LogP contribution in [0.5, 0.6) is 0 Å². The normalized spacial score (nSPS) is 13.3. The molecule has 1 atom stereocenters. The van der Waals surface area contributed by atoms with Crippen molar-refractivity contribution < 1.29 is 14.7 Å². The van der Waals surface area contributed by atoms with Crippen LogP contribution in [0.3, 0.4) is 0 Å². The van der Waals surface area contributed by atoms with Crippen molar-refractivity contribution >= 4 is 11.9 Å². The van der Waals surface area contributed by atoms with Crippen molar-refractivity contribution in [2.24, 2.45) is 5.41 Å². The molecule has 94 valence electrons. The van der Waals surface area contributed by atoms with Crippen molar-refractivity contribution in [3.63, 3.8) is 0 Å². The summed E-state index contributed by atoms with van der Waals surface area (Å²) < 4.78 is 0. The van der Waals surface area contributed by atoms with E-state index in [0.29, 0.717) is 6.42 Å². The Morgan fingerprint density at radius 1 is 1.31 bits per heavy atom. The van der Waals surface area contributed by atoms with Crippen LogP contribution >= 0.6 is 0 Å². The third kappa shape index (κ3) is 5.73. The van der Waals surface area contributed by atoms with Crippen LogP contribution in [0.15, 0.2) is 0 Å². The van der Waals surface area contributed by atoms with Gasteiger partial charge in [-0.15, -0.1) is 0 Å². The average Bonchev–Trinajstić information content (AvgIpc) is 2.13. The highest BCUT2D eigenvalue weighted by Crippen LogP contribution is 2.21. The van der Waals surface area contributed by atoms with Crippen LogP contribution in [0.1, 0.15) is 47.0 Å². The molecule has 0 heterocycles. The number of likely N-dealkylation sites (N-methyl/N-ethyl adjacent to an activating group) is 1. The zero-order valence-corrected chi connectivity index (χ0v) is 10.9. The monoisotopic (exact) mass is 229 g/mol. The molecule has 1 amide bonds. The summed E-state index contributed by atoms with van der Waals surface area (Å²) in [5, 5.41) is 8.76. The second-order valence-corrected chi connectivity index (χ2v) is 5.43. The lowest BCUT2D eigenvalue weighted by molar-refractivity contribution is -0.148. The minimum Gasteiger partial charge on any atom is -0.480 e. The SMILES string of the molecule is CC(C(=O)O)N(C)C(=O)CCCC(C)(C)C. The van der Waals surface area contributed by atoms with Gasteiger partial charge in [0.05, 0.1) is 0 Å². The maximum atomic E-state index is 11.6. The van der Waals surface area contributed by atoms with Gasteiger partial charge in [-0.25, -0.2) is 4.79 Å². The zero-order chi connectivity index (χ0) is 12.9. The van der Waals surface area contributed by atoms with Gasteiger partial charge in [-0.2, -0.15) is 0 Å². The van der Waals surface area contributed by atoms with Gasteiger partial charge in [0.15, 0.2) is 0 Å². The van der Waals surface area contributed by atoms with Crippen LogP contribution in [-0.2, 0) is 9.59 Å². The molecule has 16 heavy (non-hydrogen) atoms. The highest BCUT2D eigenvalue weighted by atomic mass is 16.4. The summed E-state index contributed by atoms with van der Waals surface area (Å²) in [5.41, 5.74) is 0.220. The Hall–Kier alpha value is -1.06. The number of carboxylic acids is 1. The Balaban J connectivity index is 4.03. The molecule has 4 heteroatoms. The third-order valence-corrected chi connectivity index (χ3v) is 2.65. The molecule has 1 N–H and O–H groups in total. The first-order chi connectivity index (χ1) is 7.15. The molecular formula is C12H23NO3. The van der Waals surface area contributed by atoms with Crippen LogP contribution in [0.25, 0.3) is 0 Å². The Kier molecular flexibility index (Phi) is 5.48. The molecule has 0 aromatic rings. The molecule has 0 aromatic heterocycles. The van der Waals surface area contributed by atoms with Gasteiger partial charge in [0.1, 0.15) is 6.04 Å². The lowest BCUT2D eigenvalue weighted by atomic mass is 9.90. The van der Waals surface area contributed by atoms with Gasteiger partial charge in [-0.3, -0.25) is 4.79 Å². The number of carbonyl (C=O) groups excluding carboxylic acids is 1. The largest absolute Gasteiger partial charge is 0.480 e. The van der Waals surface area contributed by atoms with Gasteiger partial charge >= 0.3 is 5.97 Å². The number of carboxylic acid groups (broad SMARTS) is 1. The van der Waals surface area contributed by atoms with Gasteiger partial charge in [0.2, 0.25) is 5.91 Å². The first-order valence-corrected chi connectivity index (χ1v) is 5.63. The Morgan fingerprint density at radius 2 is 1.81 bits per heavy atom. The molecule has 0 rings (SSSR count). The Bertz CT molecular complexity index is 255. The quantitative estimate of drug-likeness (QED) is 0.785. The number of nitrogens with zero attached hydrogens (tertiary/aromatic N) is 1. The summed E-state index contributed by atoms with van der Waals surface area (Å²) in [6.07, 6.45) is 2.19. The van der Waals surface area contributed by atoms with E-state index in [2.05, 4.69) is 20.8 Å². The number of hydrogen-bond donors (Lipinski definition) is 1. The molecular weight excluding hydrogens is 206 g/mol.